The van der Waals surface area contributed by atoms with Crippen molar-refractivity contribution in [2.24, 2.45) is 0 Å². The summed E-state index contributed by atoms with van der Waals surface area (Å²) in [5.41, 5.74) is 7.78. The molecule has 8 aromatic rings. The van der Waals surface area contributed by atoms with Gasteiger partial charge in [-0.1, -0.05) is 205 Å². The van der Waals surface area contributed by atoms with Crippen LogP contribution in [0, 0.1) is 27.2 Å². The van der Waals surface area contributed by atoms with E-state index in [-0.39, 0.29) is 65.1 Å². The molecule has 6 aliphatic rings. The number of nitrogens with one attached hydrogen (secondary N) is 1. The molecule has 28 nitrogen and oxygen atoms in total. The first kappa shape index (κ1) is 119. The lowest BCUT2D eigenvalue weighted by Gasteiger charge is -2.44. The van der Waals surface area contributed by atoms with Crippen molar-refractivity contribution in [1.29, 1.82) is 0 Å². The normalized spacial score (nSPS) is 19.6. The predicted molar refractivity (Wildman–Crippen MR) is 575 cm³/mol. The van der Waals surface area contributed by atoms with Gasteiger partial charge in [-0.3, -0.25) is 34.9 Å². The Morgan fingerprint density at radius 3 is 0.958 bits per heavy atom. The van der Waals surface area contributed by atoms with Crippen LogP contribution in [0.3, 0.4) is 0 Å². The van der Waals surface area contributed by atoms with Gasteiger partial charge in [-0.2, -0.15) is 25.3 Å². The number of nitro benzene ring substituents is 2. The number of ether oxygens (including phenoxy) is 3. The first-order valence-electron chi connectivity index (χ1n) is 49.5. The van der Waals surface area contributed by atoms with Crippen molar-refractivity contribution in [3.8, 4) is 0 Å². The van der Waals surface area contributed by atoms with Crippen molar-refractivity contribution in [2.75, 3.05) is 114 Å². The van der Waals surface area contributed by atoms with Gasteiger partial charge >= 0.3 is 52.3 Å². The fourth-order valence-electron chi connectivity index (χ4n) is 21.1. The fourth-order valence-corrected chi connectivity index (χ4v) is 21.1. The van der Waals surface area contributed by atoms with Crippen LogP contribution in [-0.2, 0) is 78.4 Å². The Bertz CT molecular complexity index is 5180. The van der Waals surface area contributed by atoms with Gasteiger partial charge in [-0.15, -0.1) is 19.7 Å². The van der Waals surface area contributed by atoms with E-state index < -0.39 is 55.6 Å². The molecule has 143 heavy (non-hydrogen) atoms. The van der Waals surface area contributed by atoms with E-state index in [9.17, 15) is 34.6 Å². The zero-order valence-electron chi connectivity index (χ0n) is 85.3. The molecule has 32 heteroatoms. The van der Waals surface area contributed by atoms with Crippen molar-refractivity contribution >= 4 is 92.4 Å². The molecule has 774 valence electrons. The van der Waals surface area contributed by atoms with Crippen LogP contribution < -0.4 is 20.0 Å². The van der Waals surface area contributed by atoms with Crippen LogP contribution in [0.4, 0.5) is 42.8 Å². The van der Waals surface area contributed by atoms with Crippen molar-refractivity contribution in [2.45, 2.75) is 241 Å². The maximum atomic E-state index is 13.3. The van der Waals surface area contributed by atoms with E-state index in [2.05, 4.69) is 316 Å². The highest BCUT2D eigenvalue weighted by molar-refractivity contribution is 7.52. The molecule has 1 N–H and O–H groups in total. The summed E-state index contributed by atoms with van der Waals surface area (Å²) in [6, 6.07) is 81.1. The molecule has 6 bridgehead atoms. The molecule has 0 spiro atoms. The zero-order valence-corrected chi connectivity index (χ0v) is 88.5. The lowest BCUT2D eigenvalue weighted by Crippen LogP contribution is -2.53. The number of rotatable bonds is 40. The number of anilines is 3. The fraction of sp³-hybridized carbons (Fsp3) is 0.477. The Morgan fingerprint density at radius 1 is 0.434 bits per heavy atom. The molecule has 8 aromatic carbocycles. The minimum atomic E-state index is -0.900. The highest BCUT2D eigenvalue weighted by atomic mass is 35.5. The Kier molecular flexibility index (Phi) is 51.1. The number of fused-ring (bicyclic) bond motifs is 6. The number of hydrogen-bond acceptors (Lipinski definition) is 24. The number of para-hydroxylation sites is 3. The second kappa shape index (κ2) is 61.7. The van der Waals surface area contributed by atoms with Crippen molar-refractivity contribution in [1.82, 2.24) is 34.7 Å². The summed E-state index contributed by atoms with van der Waals surface area (Å²) in [7, 11) is 6.61. The molecule has 2 amide bonds. The van der Waals surface area contributed by atoms with E-state index in [1.54, 1.807) is 24.3 Å². The van der Waals surface area contributed by atoms with Crippen molar-refractivity contribution in [3.63, 3.8) is 0 Å². The molecule has 9 atom stereocenters. The number of hydrogen-bond donors (Lipinski definition) is 1. The van der Waals surface area contributed by atoms with E-state index in [1.165, 1.54) is 141 Å². The summed E-state index contributed by atoms with van der Waals surface area (Å²) < 4.78 is 65.6. The van der Waals surface area contributed by atoms with Gasteiger partial charge < -0.3 is 48.9 Å². The van der Waals surface area contributed by atoms with Gasteiger partial charge in [-0.05, 0) is 224 Å². The third kappa shape index (κ3) is 38.3. The Hall–Kier alpha value is -11.4. The number of piperidine rings is 3. The topological polar surface area (TPSA) is 309 Å². The number of halogens is 1. The Morgan fingerprint density at radius 2 is 0.706 bits per heavy atom. The second-order valence-electron chi connectivity index (χ2n) is 38.9. The molecule has 6 unspecified atom stereocenters. The summed E-state index contributed by atoms with van der Waals surface area (Å²) in [6.45, 7) is 44.8. The molecule has 6 heterocycles. The molecule has 0 aromatic heterocycles. The van der Waals surface area contributed by atoms with Crippen LogP contribution in [0.15, 0.2) is 268 Å². The number of carbonyl (C=O) groups is 3. The monoisotopic (exact) mass is 2040 g/mol. The largest absolute Gasteiger partial charge is 0.449 e. The quantitative estimate of drug-likeness (QED) is 0.00931. The standard InChI is InChI=1S/C36H44N4O4.C33H46N3O2.C28H39N3.C8H6ClNO4.C6H15N.3O2S/c1-4-22-39(35(41)44-26-28-15-17-31(18-16-28)40(42)43)34-24-32-19-20-33(25-34)38(32)23-21-36(2,29-11-7-5-8-12-29)27-37(3)30-13-9-6-10-14-30;1-7-21-36(31(37)38-32(2,3)4)30-23-28-18-19-29(24-30)35(28)22-20-33(5,26-14-10-8-11-15-26)25-34(6)27-16-12-9-13-17-27;1-4-18-29-24-20-26-15-16-27(21-24)31(26)19-17-28(2,23-11-7-5-8-12-23)22-30(3)25-13-9-6-10-14-25;9-8(11)14-5-6-1-3-7(4-2-6)10(12)13;1-4-7(5-2)6-3;3*1-3-2/h4-18,32-34H,1,19-27H2,2-3H3;7-17,28-30H,1-2,18-25H2,3-6H3;4-14,24,26-27,29H,1,15-22H2,2-3H3;1-4H,5H2;4-6H2,1-3H3;;;/q;+1;;;;;;/t32?,33?,34?,36-;28?,29?,30?,33-;24?,26?,27?,28-;;;;;/m111...../s1. The minimum Gasteiger partial charge on any atom is -0.449 e. The zero-order chi connectivity index (χ0) is 104. The summed E-state index contributed by atoms with van der Waals surface area (Å²) in [4.78, 5) is 78.3. The lowest BCUT2D eigenvalue weighted by atomic mass is 9.78. The summed E-state index contributed by atoms with van der Waals surface area (Å²) in [5, 5.41) is 24.9. The molecule has 0 saturated carbocycles. The smallest absolute Gasteiger partial charge is 0.414 e. The number of nitrogens with zero attached hydrogens (tertiary/aromatic N) is 11. The third-order valence-corrected chi connectivity index (χ3v) is 28.5. The van der Waals surface area contributed by atoms with E-state index >= 15 is 0 Å². The van der Waals surface area contributed by atoms with Gasteiger partial charge in [0.25, 0.3) is 11.4 Å². The van der Waals surface area contributed by atoms with Gasteiger partial charge in [-0.25, -0.2) is 14.4 Å². The second-order valence-corrected chi connectivity index (χ2v) is 39.6. The number of likely N-dealkylation sites (N-methyl/N-ethyl adjacent to an activating group) is 3. The van der Waals surface area contributed by atoms with Crippen LogP contribution in [-0.4, -0.2) is 242 Å². The lowest BCUT2D eigenvalue weighted by molar-refractivity contribution is -0.385. The molecular weight excluding hydrogens is 1890 g/mol. The summed E-state index contributed by atoms with van der Waals surface area (Å²) in [5.74, 6) is 0. The van der Waals surface area contributed by atoms with Crippen LogP contribution >= 0.6 is 11.6 Å². The van der Waals surface area contributed by atoms with Gasteiger partial charge in [0.15, 0.2) is 0 Å². The van der Waals surface area contributed by atoms with Crippen molar-refractivity contribution < 1.29 is 63.7 Å². The van der Waals surface area contributed by atoms with E-state index in [4.69, 9.17) is 46.3 Å². The van der Waals surface area contributed by atoms with Crippen molar-refractivity contribution in [3.05, 3.63) is 323 Å². The SMILES string of the molecule is C=CCN(C(=O)OC([CH2+])(C)C)C1CC2CCC(C1)N2CC[C@](C)(CN(C)c1ccccc1)c1ccccc1.C=CCN(C(=O)OCc1ccc([N+](=O)[O-])cc1)C1CC2CCC(C1)N2CC[C@](C)(CN(C)c1ccccc1)c1ccccc1.C=CCNC1CC2CCC(C1)N2CC[C@](C)(CN(C)c1ccccc1)c1ccccc1.CCN(CC)CC.O=C(Cl)OCc1ccc([N+](=O)[O-])cc1.O=S=O.O=S=O.O=S=O. The van der Waals surface area contributed by atoms with Crippen LogP contribution in [0.1, 0.15) is 180 Å². The third-order valence-electron chi connectivity index (χ3n) is 28.4. The molecular formula is C111H150ClN12O16S3+. The number of amides is 2. The summed E-state index contributed by atoms with van der Waals surface area (Å²) >= 11 is 2.69. The number of benzene rings is 8. The van der Waals surface area contributed by atoms with E-state index in [0.717, 1.165) is 108 Å². The molecule has 0 radical (unpaired) electrons. The first-order valence-corrected chi connectivity index (χ1v) is 51.9. The van der Waals surface area contributed by atoms with Gasteiger partial charge in [0.05, 0.1) is 9.85 Å². The van der Waals surface area contributed by atoms with Crippen LogP contribution in [0.5, 0.6) is 0 Å². The molecule has 6 saturated heterocycles. The number of non-ortho nitro benzene ring substituents is 2. The molecule has 6 fully saturated rings. The molecule has 14 rings (SSSR count). The highest BCUT2D eigenvalue weighted by Crippen LogP contribution is 2.44. The average molecular weight is 2040 g/mol. The molecule has 0 aliphatic carbocycles. The maximum Gasteiger partial charge on any atom is 0.414 e. The maximum absolute atomic E-state index is 13.3. The van der Waals surface area contributed by atoms with E-state index in [0.29, 0.717) is 48.9 Å². The van der Waals surface area contributed by atoms with Gasteiger partial charge in [0.1, 0.15) is 20.1 Å². The Balaban J connectivity index is 0.000000256. The average Bonchev–Trinajstić information content (AvgIpc) is 1.64. The minimum absolute atomic E-state index is 0.00838. The van der Waals surface area contributed by atoms with E-state index in [1.807, 2.05) is 29.7 Å². The predicted octanol–water partition coefficient (Wildman–Crippen LogP) is 21.0. The summed E-state index contributed by atoms with van der Waals surface area (Å²) in [6.07, 6.45) is 22.0. The number of carbonyl (C=O) groups excluding carboxylic acids is 3. The van der Waals surface area contributed by atoms with Gasteiger partial charge in [0.2, 0.25) is 5.60 Å². The number of nitro groups is 2. The van der Waals surface area contributed by atoms with Crippen LogP contribution in [0.2, 0.25) is 0 Å². The Labute approximate surface area is 864 Å². The van der Waals surface area contributed by atoms with Gasteiger partial charge in [0, 0.05) is 198 Å². The van der Waals surface area contributed by atoms with Crippen LogP contribution in [0.25, 0.3) is 0 Å². The highest BCUT2D eigenvalue weighted by Gasteiger charge is 2.48. The molecule has 6 aliphatic heterocycles. The first-order chi connectivity index (χ1) is 68.6.